The maximum absolute atomic E-state index is 13.6. The van der Waals surface area contributed by atoms with E-state index in [2.05, 4.69) is 70.4 Å². The van der Waals surface area contributed by atoms with Gasteiger partial charge in [0.2, 0.25) is 11.0 Å². The summed E-state index contributed by atoms with van der Waals surface area (Å²) in [4.78, 5) is 69.8. The van der Waals surface area contributed by atoms with Gasteiger partial charge in [0.05, 0.1) is 40.3 Å². The van der Waals surface area contributed by atoms with Crippen molar-refractivity contribution in [2.24, 2.45) is 5.73 Å². The Hall–Kier alpha value is -11.0. The van der Waals surface area contributed by atoms with Crippen LogP contribution in [-0.4, -0.2) is 82.9 Å². The largest absolute Gasteiger partial charge is 0.394 e. The van der Waals surface area contributed by atoms with Crippen molar-refractivity contribution in [3.05, 3.63) is 225 Å². The molecular formula is C51H39ClF3N21O4. The topological polar surface area (TPSA) is 330 Å². The van der Waals surface area contributed by atoms with E-state index < -0.39 is 27.2 Å². The number of nitrogens with two attached hydrogens (primary N) is 2. The lowest BCUT2D eigenvalue weighted by molar-refractivity contribution is -0.385. The van der Waals surface area contributed by atoms with Crippen LogP contribution in [-0.2, 0) is 19.6 Å². The molecule has 6 N–H and O–H groups in total. The number of rotatable bonds is 12. The van der Waals surface area contributed by atoms with Gasteiger partial charge in [0.15, 0.2) is 23.3 Å². The van der Waals surface area contributed by atoms with Crippen molar-refractivity contribution in [2.45, 2.75) is 19.6 Å². The quantitative estimate of drug-likeness (QED) is 0.0506. The molecule has 0 unspecified atom stereocenters. The van der Waals surface area contributed by atoms with Crippen LogP contribution in [0.4, 0.5) is 41.9 Å². The summed E-state index contributed by atoms with van der Waals surface area (Å²) in [5.74, 6) is 0.00736. The summed E-state index contributed by atoms with van der Waals surface area (Å²) in [7, 11) is 0. The molecule has 0 radical (unpaired) electrons. The van der Waals surface area contributed by atoms with Crippen molar-refractivity contribution in [3.8, 4) is 34.6 Å². The van der Waals surface area contributed by atoms with E-state index in [1.165, 1.54) is 76.3 Å². The van der Waals surface area contributed by atoms with E-state index in [0.29, 0.717) is 71.0 Å². The molecule has 29 heteroatoms. The monoisotopic (exact) mass is 1100 g/mol. The first-order valence-electron chi connectivity index (χ1n) is 23.4. The number of pyridine rings is 6. The summed E-state index contributed by atoms with van der Waals surface area (Å²) in [6.07, 6.45) is 22.2. The number of aromatic nitrogens is 15. The number of nitro groups is 2. The number of imidazole rings is 3. The number of nitrogens with zero attached hydrogens (tertiary/aromatic N) is 17. The third kappa shape index (κ3) is 13.0. The zero-order valence-electron chi connectivity index (χ0n) is 41.1. The van der Waals surface area contributed by atoms with E-state index in [9.17, 15) is 33.4 Å². The Kier molecular flexibility index (Phi) is 16.7. The number of nitrogens with one attached hydrogen (secondary N) is 2. The van der Waals surface area contributed by atoms with Crippen LogP contribution in [0.15, 0.2) is 166 Å². The second-order valence-electron chi connectivity index (χ2n) is 16.5. The molecule has 12 rings (SSSR count). The molecule has 0 aliphatic rings. The molecule has 0 spiro atoms. The first-order chi connectivity index (χ1) is 38.8. The van der Waals surface area contributed by atoms with Gasteiger partial charge in [-0.3, -0.25) is 48.4 Å². The molecule has 0 aromatic carbocycles. The number of hydrogen-bond donors (Lipinski definition) is 4. The van der Waals surface area contributed by atoms with Gasteiger partial charge in [-0.05, 0) is 71.3 Å². The lowest BCUT2D eigenvalue weighted by Crippen LogP contribution is -2.07. The predicted octanol–water partition coefficient (Wildman–Crippen LogP) is 8.40. The van der Waals surface area contributed by atoms with Crippen LogP contribution in [0.1, 0.15) is 16.7 Å². The number of fused-ring (bicyclic) bond motifs is 3. The van der Waals surface area contributed by atoms with E-state index >= 15 is 0 Å². The minimum Gasteiger partial charge on any atom is -0.394 e. The van der Waals surface area contributed by atoms with Crippen LogP contribution >= 0.6 is 11.6 Å². The van der Waals surface area contributed by atoms with Gasteiger partial charge >= 0.3 is 11.4 Å². The average Bonchev–Trinajstić information content (AvgIpc) is 4.23. The molecule has 12 aromatic rings. The minimum atomic E-state index is -0.680. The van der Waals surface area contributed by atoms with Crippen molar-refractivity contribution in [1.82, 2.24) is 73.0 Å². The van der Waals surface area contributed by atoms with Gasteiger partial charge in [-0.15, -0.1) is 0 Å². The highest BCUT2D eigenvalue weighted by Gasteiger charge is 2.21. The second kappa shape index (κ2) is 24.8. The Balaban J connectivity index is 0.000000137. The van der Waals surface area contributed by atoms with E-state index in [1.54, 1.807) is 59.9 Å². The summed E-state index contributed by atoms with van der Waals surface area (Å²) in [5, 5.41) is 27.8. The van der Waals surface area contributed by atoms with Crippen LogP contribution in [0.25, 0.3) is 51.5 Å². The van der Waals surface area contributed by atoms with E-state index in [4.69, 9.17) is 23.1 Å². The first-order valence-corrected chi connectivity index (χ1v) is 23.7. The Labute approximate surface area is 453 Å². The van der Waals surface area contributed by atoms with Gasteiger partial charge in [-0.25, -0.2) is 58.0 Å². The van der Waals surface area contributed by atoms with E-state index in [-0.39, 0.29) is 34.1 Å². The molecule has 0 atom stereocenters. The normalized spacial score (nSPS) is 10.7. The van der Waals surface area contributed by atoms with Crippen molar-refractivity contribution >= 4 is 57.2 Å². The van der Waals surface area contributed by atoms with Crippen molar-refractivity contribution in [1.29, 1.82) is 0 Å². The highest BCUT2D eigenvalue weighted by molar-refractivity contribution is 6.31. The lowest BCUT2D eigenvalue weighted by atomic mass is 10.3. The SMILES string of the molecule is NCc1cccnc1.Nc1cnc(-c2cnc3ccc(F)cn23)nc1NCc1cccnc1.O=[N+]([O-])c1cnc(-c2cnc3ccc(F)cn23)nc1Cl.O=[N+]([O-])c1cnc(-c2cnc3ccc(F)cn23)nc1NCc1cccnc1. The first kappa shape index (κ1) is 53.8. The smallest absolute Gasteiger partial charge is 0.329 e. The van der Waals surface area contributed by atoms with Crippen LogP contribution in [0.3, 0.4) is 0 Å². The van der Waals surface area contributed by atoms with E-state index in [0.717, 1.165) is 29.1 Å². The fourth-order valence-electron chi connectivity index (χ4n) is 7.28. The molecule has 400 valence electrons. The van der Waals surface area contributed by atoms with Crippen molar-refractivity contribution < 1.29 is 23.0 Å². The molecule has 0 amide bonds. The fourth-order valence-corrected chi connectivity index (χ4v) is 7.47. The predicted molar refractivity (Wildman–Crippen MR) is 287 cm³/mol. The second-order valence-corrected chi connectivity index (χ2v) is 16.8. The van der Waals surface area contributed by atoms with Gasteiger partial charge in [-0.1, -0.05) is 29.8 Å². The number of nitrogen functional groups attached to an aromatic ring is 1. The Morgan fingerprint density at radius 3 is 1.30 bits per heavy atom. The Morgan fingerprint density at radius 1 is 0.500 bits per heavy atom. The summed E-state index contributed by atoms with van der Waals surface area (Å²) >= 11 is 5.73. The molecule has 0 aliphatic heterocycles. The summed E-state index contributed by atoms with van der Waals surface area (Å²) in [5.41, 5.74) is 17.0. The van der Waals surface area contributed by atoms with Gasteiger partial charge in [-0.2, -0.15) is 0 Å². The highest BCUT2D eigenvalue weighted by Crippen LogP contribution is 2.28. The zero-order valence-corrected chi connectivity index (χ0v) is 41.9. The Bertz CT molecular complexity index is 4120. The van der Waals surface area contributed by atoms with Crippen LogP contribution in [0.5, 0.6) is 0 Å². The van der Waals surface area contributed by atoms with Crippen molar-refractivity contribution in [2.75, 3.05) is 16.4 Å². The van der Waals surface area contributed by atoms with Gasteiger partial charge < -0.3 is 22.1 Å². The molecule has 12 aromatic heterocycles. The maximum Gasteiger partial charge on any atom is 0.329 e. The molecule has 0 aliphatic carbocycles. The highest BCUT2D eigenvalue weighted by atomic mass is 35.5. The van der Waals surface area contributed by atoms with Crippen LogP contribution < -0.4 is 22.1 Å². The van der Waals surface area contributed by atoms with Crippen molar-refractivity contribution in [3.63, 3.8) is 0 Å². The zero-order chi connectivity index (χ0) is 56.1. The summed E-state index contributed by atoms with van der Waals surface area (Å²) < 4.78 is 44.9. The molecule has 0 saturated heterocycles. The third-order valence-electron chi connectivity index (χ3n) is 11.1. The number of halogens is 4. The molecule has 0 fully saturated rings. The molecule has 12 heterocycles. The molecule has 25 nitrogen and oxygen atoms in total. The molecular weight excluding hydrogens is 1060 g/mol. The molecule has 0 saturated carbocycles. The lowest BCUT2D eigenvalue weighted by Gasteiger charge is -2.09. The van der Waals surface area contributed by atoms with Crippen LogP contribution in [0, 0.1) is 37.7 Å². The minimum absolute atomic E-state index is 0.0557. The Morgan fingerprint density at radius 2 is 0.900 bits per heavy atom. The standard InChI is InChI=1S/C17H12FN7O2.C17H14FN7.C11H5ClFN5O2.C6H8N2/c18-12-3-4-15-20-8-13(24(15)10-12)16-22-9-14(25(26)27)17(23-16)21-7-11-2-1-5-19-6-11;18-12-3-4-15-21-9-14(25(15)10-12)17-23-8-13(19)16(24-17)22-7-11-2-1-5-20-6-11;12-10-7(18(19)20)3-15-11(16-10)8-4-14-9-2-1-6(13)5-17(8)9;7-4-6-2-1-3-8-5-6/h1-6,8-10H,7H2,(H,21,22,23);1-6,8-10H,7,19H2,(H,22,23,24);1-5H;1-3,5H,4,7H2. The van der Waals surface area contributed by atoms with Gasteiger partial charge in [0, 0.05) is 75.4 Å². The maximum atomic E-state index is 13.6. The molecule has 0 bridgehead atoms. The summed E-state index contributed by atoms with van der Waals surface area (Å²) in [6.45, 7) is 1.40. The van der Waals surface area contributed by atoms with Crippen LogP contribution in [0.2, 0.25) is 5.15 Å². The number of hydrogen-bond acceptors (Lipinski definition) is 20. The number of anilines is 3. The third-order valence-corrected chi connectivity index (χ3v) is 11.4. The van der Waals surface area contributed by atoms with Gasteiger partial charge in [0.25, 0.3) is 0 Å². The fraction of sp³-hybridized carbons (Fsp3) is 0.0588. The van der Waals surface area contributed by atoms with E-state index in [1.807, 2.05) is 30.3 Å². The van der Waals surface area contributed by atoms with Gasteiger partial charge in [0.1, 0.15) is 63.9 Å². The molecule has 80 heavy (non-hydrogen) atoms. The summed E-state index contributed by atoms with van der Waals surface area (Å²) in [6, 6.07) is 19.8. The average molecular weight is 1100 g/mol.